The summed E-state index contributed by atoms with van der Waals surface area (Å²) < 4.78 is 34.3. The van der Waals surface area contributed by atoms with Crippen LogP contribution in [0.4, 0.5) is 5.69 Å². The van der Waals surface area contributed by atoms with Crippen molar-refractivity contribution >= 4 is 26.7 Å². The fourth-order valence-corrected chi connectivity index (χ4v) is 5.85. The second-order valence-corrected chi connectivity index (χ2v) is 11.1. The largest absolute Gasteiger partial charge is 0.378 e. The SMILES string of the molecule is CCn1cnc2c1c(=O)[nH]c(=O)n2Cc1ccc(CCS(=O)(=O)c2ccc(N3CCOCC3)cc2)cc1. The molecule has 0 atom stereocenters. The lowest BCUT2D eigenvalue weighted by Crippen LogP contribution is -2.36. The number of rotatable bonds is 8. The van der Waals surface area contributed by atoms with Crippen LogP contribution < -0.4 is 16.1 Å². The van der Waals surface area contributed by atoms with E-state index < -0.39 is 21.1 Å². The lowest BCUT2D eigenvalue weighted by atomic mass is 10.1. The van der Waals surface area contributed by atoms with Crippen molar-refractivity contribution < 1.29 is 13.2 Å². The summed E-state index contributed by atoms with van der Waals surface area (Å²) in [6.07, 6.45) is 1.92. The minimum absolute atomic E-state index is 0.00228. The number of nitrogens with one attached hydrogen (secondary N) is 1. The van der Waals surface area contributed by atoms with Gasteiger partial charge in [-0.1, -0.05) is 24.3 Å². The molecular weight excluding hydrogens is 494 g/mol. The zero-order valence-corrected chi connectivity index (χ0v) is 21.4. The number of anilines is 1. The van der Waals surface area contributed by atoms with Gasteiger partial charge in [-0.15, -0.1) is 0 Å². The molecule has 0 saturated carbocycles. The highest BCUT2D eigenvalue weighted by molar-refractivity contribution is 7.91. The van der Waals surface area contributed by atoms with Crippen LogP contribution in [0.3, 0.4) is 0 Å². The maximum absolute atomic E-state index is 12.9. The van der Waals surface area contributed by atoms with Gasteiger partial charge < -0.3 is 14.2 Å². The van der Waals surface area contributed by atoms with Gasteiger partial charge >= 0.3 is 5.69 Å². The number of hydrogen-bond acceptors (Lipinski definition) is 7. The van der Waals surface area contributed by atoms with E-state index in [2.05, 4.69) is 14.9 Å². The molecule has 0 radical (unpaired) electrons. The third kappa shape index (κ3) is 5.23. The van der Waals surface area contributed by atoms with Crippen molar-refractivity contribution in [2.75, 3.05) is 37.0 Å². The Morgan fingerprint density at radius 2 is 1.65 bits per heavy atom. The maximum Gasteiger partial charge on any atom is 0.330 e. The summed E-state index contributed by atoms with van der Waals surface area (Å²) in [4.78, 5) is 33.8. The molecule has 1 aliphatic rings. The number of benzene rings is 2. The van der Waals surface area contributed by atoms with Crippen molar-refractivity contribution in [2.24, 2.45) is 0 Å². The molecule has 0 spiro atoms. The van der Waals surface area contributed by atoms with E-state index in [1.165, 1.54) is 4.57 Å². The van der Waals surface area contributed by atoms with Gasteiger partial charge in [0.05, 0.1) is 36.7 Å². The molecule has 2 aromatic carbocycles. The Kier molecular flexibility index (Phi) is 6.98. The van der Waals surface area contributed by atoms with Crippen molar-refractivity contribution in [3.63, 3.8) is 0 Å². The molecule has 4 aromatic rings. The second kappa shape index (κ2) is 10.3. The molecule has 3 heterocycles. The van der Waals surface area contributed by atoms with Gasteiger partial charge in [-0.2, -0.15) is 0 Å². The van der Waals surface area contributed by atoms with Crippen LogP contribution in [0.2, 0.25) is 0 Å². The Morgan fingerprint density at radius 3 is 2.32 bits per heavy atom. The summed E-state index contributed by atoms with van der Waals surface area (Å²) in [6.45, 7) is 5.64. The molecule has 0 bridgehead atoms. The van der Waals surface area contributed by atoms with Crippen molar-refractivity contribution in [1.82, 2.24) is 19.1 Å². The molecule has 0 unspecified atom stereocenters. The van der Waals surface area contributed by atoms with Crippen molar-refractivity contribution in [2.45, 2.75) is 31.3 Å². The standard InChI is InChI=1S/C26H29N5O5S/c1-2-29-18-27-24-23(29)25(32)28-26(33)31(24)17-20-5-3-19(4-6-20)11-16-37(34,35)22-9-7-21(8-10-22)30-12-14-36-15-13-30/h3-10,18H,2,11-17H2,1H3,(H,28,32,33). The second-order valence-electron chi connectivity index (χ2n) is 9.03. The topological polar surface area (TPSA) is 119 Å². The number of imidazole rings is 1. The lowest BCUT2D eigenvalue weighted by molar-refractivity contribution is 0.122. The summed E-state index contributed by atoms with van der Waals surface area (Å²) in [5.41, 5.74) is 2.44. The average molecular weight is 524 g/mol. The van der Waals surface area contributed by atoms with Gasteiger partial charge in [0, 0.05) is 25.3 Å². The normalized spacial score (nSPS) is 14.4. The Hall–Kier alpha value is -3.70. The average Bonchev–Trinajstić information content (AvgIpc) is 3.36. The van der Waals surface area contributed by atoms with Crippen LogP contribution >= 0.6 is 0 Å². The predicted octanol–water partition coefficient (Wildman–Crippen LogP) is 1.81. The first-order valence-electron chi connectivity index (χ1n) is 12.3. The van der Waals surface area contributed by atoms with E-state index >= 15 is 0 Å². The van der Waals surface area contributed by atoms with Crippen LogP contribution in [0, 0.1) is 0 Å². The molecule has 11 heteroatoms. The predicted molar refractivity (Wildman–Crippen MR) is 141 cm³/mol. The number of fused-ring (bicyclic) bond motifs is 1. The molecule has 1 aliphatic heterocycles. The molecule has 5 rings (SSSR count). The third-order valence-electron chi connectivity index (χ3n) is 6.69. The van der Waals surface area contributed by atoms with E-state index in [0.29, 0.717) is 42.2 Å². The maximum atomic E-state index is 12.9. The van der Waals surface area contributed by atoms with Crippen molar-refractivity contribution in [1.29, 1.82) is 0 Å². The van der Waals surface area contributed by atoms with Gasteiger partial charge in [-0.25, -0.2) is 18.2 Å². The number of aryl methyl sites for hydroxylation is 2. The molecule has 1 fully saturated rings. The minimum atomic E-state index is -3.43. The number of aromatic nitrogens is 4. The number of morpholine rings is 1. The number of aromatic amines is 1. The fraction of sp³-hybridized carbons (Fsp3) is 0.346. The first-order chi connectivity index (χ1) is 17.9. The summed E-state index contributed by atoms with van der Waals surface area (Å²) in [6, 6.07) is 14.5. The van der Waals surface area contributed by atoms with Crippen LogP contribution in [-0.2, 0) is 34.1 Å². The summed E-state index contributed by atoms with van der Waals surface area (Å²) in [7, 11) is -3.43. The van der Waals surface area contributed by atoms with Crippen LogP contribution in [0.1, 0.15) is 18.1 Å². The van der Waals surface area contributed by atoms with Gasteiger partial charge in [0.1, 0.15) is 0 Å². The van der Waals surface area contributed by atoms with Crippen LogP contribution in [0.25, 0.3) is 11.2 Å². The first-order valence-corrected chi connectivity index (χ1v) is 13.9. The Labute approximate surface area is 214 Å². The Bertz CT molecular complexity index is 1610. The smallest absolute Gasteiger partial charge is 0.330 e. The monoisotopic (exact) mass is 523 g/mol. The molecule has 194 valence electrons. The zero-order valence-electron chi connectivity index (χ0n) is 20.6. The van der Waals surface area contributed by atoms with Gasteiger partial charge in [-0.3, -0.25) is 14.3 Å². The van der Waals surface area contributed by atoms with Crippen LogP contribution in [-0.4, -0.2) is 59.6 Å². The van der Waals surface area contributed by atoms with Gasteiger partial charge in [0.2, 0.25) is 0 Å². The number of hydrogen-bond donors (Lipinski definition) is 1. The number of nitrogens with zero attached hydrogens (tertiary/aromatic N) is 4. The highest BCUT2D eigenvalue weighted by Crippen LogP contribution is 2.21. The highest BCUT2D eigenvalue weighted by Gasteiger charge is 2.17. The van der Waals surface area contributed by atoms with Gasteiger partial charge in [-0.05, 0) is 48.7 Å². The summed E-state index contributed by atoms with van der Waals surface area (Å²) in [5.74, 6) is -0.00228. The fourth-order valence-electron chi connectivity index (χ4n) is 4.56. The highest BCUT2D eigenvalue weighted by atomic mass is 32.2. The Balaban J connectivity index is 1.26. The van der Waals surface area contributed by atoms with E-state index in [1.54, 1.807) is 23.0 Å². The number of sulfone groups is 1. The minimum Gasteiger partial charge on any atom is -0.378 e. The summed E-state index contributed by atoms with van der Waals surface area (Å²) >= 11 is 0. The van der Waals surface area contributed by atoms with Crippen LogP contribution in [0.15, 0.2) is 69.3 Å². The van der Waals surface area contributed by atoms with Gasteiger partial charge in [0.25, 0.3) is 5.56 Å². The number of ether oxygens (including phenoxy) is 1. The molecule has 37 heavy (non-hydrogen) atoms. The van der Waals surface area contributed by atoms with Crippen LogP contribution in [0.5, 0.6) is 0 Å². The van der Waals surface area contributed by atoms with E-state index in [9.17, 15) is 18.0 Å². The molecule has 0 aliphatic carbocycles. The molecule has 1 saturated heterocycles. The first kappa shape index (κ1) is 25.0. The lowest BCUT2D eigenvalue weighted by Gasteiger charge is -2.28. The van der Waals surface area contributed by atoms with E-state index in [4.69, 9.17) is 4.74 Å². The molecule has 1 N–H and O–H groups in total. The molecular formula is C26H29N5O5S. The molecule has 10 nitrogen and oxygen atoms in total. The summed E-state index contributed by atoms with van der Waals surface area (Å²) in [5, 5.41) is 0. The van der Waals surface area contributed by atoms with Gasteiger partial charge in [0.15, 0.2) is 21.0 Å². The third-order valence-corrected chi connectivity index (χ3v) is 8.42. The van der Waals surface area contributed by atoms with E-state index in [0.717, 1.165) is 29.9 Å². The van der Waals surface area contributed by atoms with E-state index in [1.807, 2.05) is 43.3 Å². The van der Waals surface area contributed by atoms with E-state index in [-0.39, 0.29) is 12.3 Å². The molecule has 2 aromatic heterocycles. The zero-order chi connectivity index (χ0) is 26.0. The molecule has 0 amide bonds. The number of H-pyrrole nitrogens is 1. The Morgan fingerprint density at radius 1 is 0.973 bits per heavy atom. The van der Waals surface area contributed by atoms with Crippen molar-refractivity contribution in [3.8, 4) is 0 Å². The van der Waals surface area contributed by atoms with Crippen molar-refractivity contribution in [3.05, 3.63) is 86.8 Å². The quantitative estimate of drug-likeness (QED) is 0.374.